The highest BCUT2D eigenvalue weighted by Crippen LogP contribution is 2.37. The van der Waals surface area contributed by atoms with E-state index in [0.29, 0.717) is 49.6 Å². The summed E-state index contributed by atoms with van der Waals surface area (Å²) in [4.78, 5) is 25.4. The Bertz CT molecular complexity index is 1460. The Labute approximate surface area is 215 Å². The van der Waals surface area contributed by atoms with Crippen LogP contribution in [0.4, 0.5) is 33.9 Å². The summed E-state index contributed by atoms with van der Waals surface area (Å²) in [5.74, 6) is 0.489. The molecule has 1 aliphatic rings. The molecule has 5 rings (SSSR count). The van der Waals surface area contributed by atoms with Crippen molar-refractivity contribution >= 4 is 28.6 Å². The predicted molar refractivity (Wildman–Crippen MR) is 133 cm³/mol. The number of fused-ring (bicyclic) bond motifs is 1. The Morgan fingerprint density at radius 1 is 1.05 bits per heavy atom. The third-order valence-corrected chi connectivity index (χ3v) is 6.28. The number of piperazine rings is 1. The highest BCUT2D eigenvalue weighted by atomic mass is 19.4. The minimum atomic E-state index is -4.51. The van der Waals surface area contributed by atoms with Crippen LogP contribution in [0.5, 0.6) is 0 Å². The fourth-order valence-corrected chi connectivity index (χ4v) is 4.36. The molecule has 0 saturated carbocycles. The molecule has 38 heavy (non-hydrogen) atoms. The largest absolute Gasteiger partial charge is 0.416 e. The van der Waals surface area contributed by atoms with E-state index < -0.39 is 23.6 Å². The van der Waals surface area contributed by atoms with Gasteiger partial charge in [-0.2, -0.15) is 18.2 Å². The van der Waals surface area contributed by atoms with Crippen molar-refractivity contribution in [3.63, 3.8) is 0 Å². The van der Waals surface area contributed by atoms with E-state index in [1.165, 1.54) is 30.3 Å². The molecule has 198 valence electrons. The van der Waals surface area contributed by atoms with Crippen LogP contribution < -0.4 is 10.2 Å². The molecule has 0 radical (unpaired) electrons. The summed E-state index contributed by atoms with van der Waals surface area (Å²) in [5.41, 5.74) is -0.0772. The van der Waals surface area contributed by atoms with Crippen LogP contribution in [0, 0.1) is 5.82 Å². The zero-order chi connectivity index (χ0) is 26.9. The fourth-order valence-electron chi connectivity index (χ4n) is 4.36. The molecule has 3 heterocycles. The number of hydrogen-bond donors (Lipinski definition) is 1. The normalized spacial score (nSPS) is 14.2. The van der Waals surface area contributed by atoms with E-state index in [-0.39, 0.29) is 22.7 Å². The number of hydrogen-bond acceptors (Lipinski definition) is 6. The molecule has 4 aromatic rings. The van der Waals surface area contributed by atoms with Gasteiger partial charge in [0.05, 0.1) is 11.3 Å². The molecule has 1 N–H and O–H groups in total. The lowest BCUT2D eigenvalue weighted by Crippen LogP contribution is -2.50. The third-order valence-electron chi connectivity index (χ3n) is 6.28. The number of aromatic nitrogens is 3. The lowest BCUT2D eigenvalue weighted by Gasteiger charge is -2.35. The molecule has 1 fully saturated rings. The van der Waals surface area contributed by atoms with Crippen molar-refractivity contribution < 1.29 is 26.9 Å². The van der Waals surface area contributed by atoms with Crippen LogP contribution in [0.15, 0.2) is 53.1 Å². The molecule has 8 nitrogen and oxygen atoms in total. The Morgan fingerprint density at radius 2 is 1.82 bits per heavy atom. The SMILES string of the molecule is CCCc1nc(N2CCN(C(=O)Nc3ccccc3F)CC2)c2c(-c3cccc(C(F)(F)F)c3)noc2n1. The minimum absolute atomic E-state index is 0.0943. The maximum atomic E-state index is 14.0. The lowest BCUT2D eigenvalue weighted by molar-refractivity contribution is -0.137. The predicted octanol–water partition coefficient (Wildman–Crippen LogP) is 5.75. The summed E-state index contributed by atoms with van der Waals surface area (Å²) in [5, 5.41) is 7.06. The van der Waals surface area contributed by atoms with Gasteiger partial charge < -0.3 is 19.6 Å². The summed E-state index contributed by atoms with van der Waals surface area (Å²) < 4.78 is 59.5. The molecule has 1 aliphatic heterocycles. The van der Waals surface area contributed by atoms with E-state index in [4.69, 9.17) is 9.51 Å². The molecular formula is C26H24F4N6O2. The first-order valence-corrected chi connectivity index (χ1v) is 12.1. The summed E-state index contributed by atoms with van der Waals surface area (Å²) in [7, 11) is 0. The van der Waals surface area contributed by atoms with Crippen molar-refractivity contribution in [2.24, 2.45) is 0 Å². The average Bonchev–Trinajstić information content (AvgIpc) is 3.33. The van der Waals surface area contributed by atoms with Crippen LogP contribution in [0.3, 0.4) is 0 Å². The van der Waals surface area contributed by atoms with Crippen LogP contribution >= 0.6 is 0 Å². The summed E-state index contributed by atoms with van der Waals surface area (Å²) in [6.07, 6.45) is -3.15. The standard InChI is InChI=1S/C26H24F4N6O2/c1-2-6-20-32-23(35-11-13-36(14-12-35)25(37)31-19-10-4-3-9-18(19)27)21-22(34-38-24(21)33-20)16-7-5-8-17(15-16)26(28,29)30/h3-5,7-10,15H,2,6,11-14H2,1H3,(H,31,37). The Morgan fingerprint density at radius 3 is 2.53 bits per heavy atom. The second kappa shape index (κ2) is 10.3. The number of para-hydroxylation sites is 1. The molecular weight excluding hydrogens is 504 g/mol. The first-order chi connectivity index (χ1) is 18.2. The third kappa shape index (κ3) is 5.11. The van der Waals surface area contributed by atoms with Gasteiger partial charge in [-0.15, -0.1) is 0 Å². The number of anilines is 2. The zero-order valence-electron chi connectivity index (χ0n) is 20.4. The number of nitrogens with one attached hydrogen (secondary N) is 1. The van der Waals surface area contributed by atoms with E-state index in [1.807, 2.05) is 11.8 Å². The van der Waals surface area contributed by atoms with Gasteiger partial charge >= 0.3 is 12.2 Å². The number of nitrogens with zero attached hydrogens (tertiary/aromatic N) is 5. The van der Waals surface area contributed by atoms with Crippen molar-refractivity contribution in [3.05, 3.63) is 65.7 Å². The van der Waals surface area contributed by atoms with Gasteiger partial charge in [-0.3, -0.25) is 0 Å². The molecule has 2 aromatic carbocycles. The first-order valence-electron chi connectivity index (χ1n) is 12.1. The second-order valence-electron chi connectivity index (χ2n) is 8.89. The van der Waals surface area contributed by atoms with Crippen molar-refractivity contribution in [2.45, 2.75) is 25.9 Å². The van der Waals surface area contributed by atoms with E-state index in [1.54, 1.807) is 11.0 Å². The molecule has 12 heteroatoms. The number of alkyl halides is 3. The Hall–Kier alpha value is -4.22. The van der Waals surface area contributed by atoms with Crippen LogP contribution in [-0.4, -0.2) is 52.2 Å². The van der Waals surface area contributed by atoms with Crippen molar-refractivity contribution in [1.29, 1.82) is 0 Å². The van der Waals surface area contributed by atoms with Gasteiger partial charge in [0.2, 0.25) is 0 Å². The van der Waals surface area contributed by atoms with E-state index in [2.05, 4.69) is 15.5 Å². The molecule has 0 aliphatic carbocycles. The highest BCUT2D eigenvalue weighted by molar-refractivity contribution is 5.98. The number of carbonyl (C=O) groups excluding carboxylic acids is 1. The van der Waals surface area contributed by atoms with E-state index >= 15 is 0 Å². The lowest BCUT2D eigenvalue weighted by atomic mass is 10.1. The van der Waals surface area contributed by atoms with Crippen molar-refractivity contribution in [2.75, 3.05) is 36.4 Å². The van der Waals surface area contributed by atoms with Gasteiger partial charge in [0.15, 0.2) is 0 Å². The van der Waals surface area contributed by atoms with Gasteiger partial charge in [0, 0.05) is 38.2 Å². The van der Waals surface area contributed by atoms with E-state index in [9.17, 15) is 22.4 Å². The number of rotatable bonds is 5. The summed E-state index contributed by atoms with van der Waals surface area (Å²) in [6.45, 7) is 3.39. The van der Waals surface area contributed by atoms with Gasteiger partial charge in [-0.05, 0) is 30.7 Å². The number of benzene rings is 2. The Kier molecular flexibility index (Phi) is 6.87. The van der Waals surface area contributed by atoms with E-state index in [0.717, 1.165) is 18.6 Å². The van der Waals surface area contributed by atoms with Crippen LogP contribution in [0.1, 0.15) is 24.7 Å². The number of carbonyl (C=O) groups is 1. The smallest absolute Gasteiger partial charge is 0.352 e. The monoisotopic (exact) mass is 528 g/mol. The van der Waals surface area contributed by atoms with Crippen LogP contribution in [0.2, 0.25) is 0 Å². The minimum Gasteiger partial charge on any atom is -0.352 e. The highest BCUT2D eigenvalue weighted by Gasteiger charge is 2.32. The maximum absolute atomic E-state index is 14.0. The molecule has 2 amide bonds. The number of aryl methyl sites for hydroxylation is 1. The summed E-state index contributed by atoms with van der Waals surface area (Å²) >= 11 is 0. The van der Waals surface area contributed by atoms with Gasteiger partial charge in [0.25, 0.3) is 5.71 Å². The number of halogens is 4. The molecule has 2 aromatic heterocycles. The molecule has 0 spiro atoms. The molecule has 1 saturated heterocycles. The van der Waals surface area contributed by atoms with Gasteiger partial charge in [-0.25, -0.2) is 14.2 Å². The maximum Gasteiger partial charge on any atom is 0.416 e. The summed E-state index contributed by atoms with van der Waals surface area (Å²) in [6, 6.07) is 10.4. The average molecular weight is 529 g/mol. The van der Waals surface area contributed by atoms with Gasteiger partial charge in [-0.1, -0.05) is 36.3 Å². The number of amides is 2. The fraction of sp³-hybridized carbons (Fsp3) is 0.308. The topological polar surface area (TPSA) is 87.4 Å². The molecule has 0 bridgehead atoms. The van der Waals surface area contributed by atoms with Gasteiger partial charge in [0.1, 0.15) is 28.5 Å². The quantitative estimate of drug-likeness (QED) is 0.332. The molecule has 0 atom stereocenters. The van der Waals surface area contributed by atoms with Crippen molar-refractivity contribution in [1.82, 2.24) is 20.0 Å². The van der Waals surface area contributed by atoms with Crippen LogP contribution in [0.25, 0.3) is 22.4 Å². The van der Waals surface area contributed by atoms with Crippen LogP contribution in [-0.2, 0) is 12.6 Å². The Balaban J connectivity index is 1.44. The second-order valence-corrected chi connectivity index (χ2v) is 8.89. The number of urea groups is 1. The first kappa shape index (κ1) is 25.4. The van der Waals surface area contributed by atoms with Crippen molar-refractivity contribution in [3.8, 4) is 11.3 Å². The molecule has 0 unspecified atom stereocenters. The zero-order valence-corrected chi connectivity index (χ0v) is 20.4.